The predicted octanol–water partition coefficient (Wildman–Crippen LogP) is 6.69. The van der Waals surface area contributed by atoms with Crippen molar-refractivity contribution in [1.29, 1.82) is 0 Å². The zero-order chi connectivity index (χ0) is 31.8. The summed E-state index contributed by atoms with van der Waals surface area (Å²) in [6.07, 6.45) is 5.17. The number of halogens is 1. The second-order valence-corrected chi connectivity index (χ2v) is 12.3. The molecule has 0 unspecified atom stereocenters. The number of nitrogens with one attached hydrogen (secondary N) is 3. The highest BCUT2D eigenvalue weighted by Crippen LogP contribution is 2.38. The minimum Gasteiger partial charge on any atom is -0.465 e. The van der Waals surface area contributed by atoms with Gasteiger partial charge in [0.25, 0.3) is 11.8 Å². The maximum Gasteiger partial charge on any atom is 0.341 e. The average molecular weight is 644 g/mol. The van der Waals surface area contributed by atoms with Gasteiger partial charge in [0.1, 0.15) is 16.5 Å². The van der Waals surface area contributed by atoms with Gasteiger partial charge < -0.3 is 20.7 Å². The Morgan fingerprint density at radius 1 is 0.933 bits per heavy atom. The highest BCUT2D eigenvalue weighted by molar-refractivity contribution is 8.00. The monoisotopic (exact) mass is 643 g/mol. The average Bonchev–Trinajstić information content (AvgIpc) is 3.42. The van der Waals surface area contributed by atoms with Gasteiger partial charge in [0, 0.05) is 21.0 Å². The fourth-order valence-corrected chi connectivity index (χ4v) is 6.86. The number of thioether (sulfide) groups is 1. The number of carbonyl (C=O) groups excluding carboxylic acids is 4. The van der Waals surface area contributed by atoms with Gasteiger partial charge in [-0.1, -0.05) is 36.4 Å². The van der Waals surface area contributed by atoms with Crippen molar-refractivity contribution >= 4 is 63.6 Å². The summed E-state index contributed by atoms with van der Waals surface area (Å²) in [5.41, 5.74) is 2.72. The molecule has 0 atom stereocenters. The molecule has 0 aliphatic heterocycles. The molecular formula is C34H30FN3O5S2. The van der Waals surface area contributed by atoms with E-state index in [1.807, 2.05) is 6.07 Å². The van der Waals surface area contributed by atoms with Gasteiger partial charge in [0.05, 0.1) is 18.4 Å². The van der Waals surface area contributed by atoms with Crippen molar-refractivity contribution in [2.24, 2.45) is 0 Å². The topological polar surface area (TPSA) is 114 Å². The van der Waals surface area contributed by atoms with Crippen LogP contribution in [0.15, 0.2) is 89.5 Å². The van der Waals surface area contributed by atoms with E-state index >= 15 is 0 Å². The third-order valence-electron chi connectivity index (χ3n) is 6.99. The van der Waals surface area contributed by atoms with E-state index in [0.29, 0.717) is 27.4 Å². The zero-order valence-corrected chi connectivity index (χ0v) is 26.0. The van der Waals surface area contributed by atoms with Crippen molar-refractivity contribution in [2.75, 3.05) is 23.5 Å². The lowest BCUT2D eigenvalue weighted by Gasteiger charge is -2.12. The van der Waals surface area contributed by atoms with Crippen LogP contribution in [0.25, 0.3) is 6.08 Å². The number of carbonyl (C=O) groups is 4. The predicted molar refractivity (Wildman–Crippen MR) is 175 cm³/mol. The summed E-state index contributed by atoms with van der Waals surface area (Å²) in [7, 11) is 1.33. The van der Waals surface area contributed by atoms with Crippen LogP contribution in [-0.4, -0.2) is 36.6 Å². The van der Waals surface area contributed by atoms with Crippen molar-refractivity contribution in [1.82, 2.24) is 5.32 Å². The Balaban J connectivity index is 1.26. The molecule has 45 heavy (non-hydrogen) atoms. The molecule has 0 spiro atoms. The highest BCUT2D eigenvalue weighted by atomic mass is 32.2. The number of rotatable bonds is 10. The highest BCUT2D eigenvalue weighted by Gasteiger charge is 2.27. The first-order valence-electron chi connectivity index (χ1n) is 14.2. The van der Waals surface area contributed by atoms with Gasteiger partial charge in [-0.15, -0.1) is 23.1 Å². The molecule has 3 amide bonds. The van der Waals surface area contributed by atoms with Crippen LogP contribution in [0.4, 0.5) is 15.1 Å². The lowest BCUT2D eigenvalue weighted by Crippen LogP contribution is -2.30. The van der Waals surface area contributed by atoms with Crippen LogP contribution >= 0.6 is 23.1 Å². The largest absolute Gasteiger partial charge is 0.465 e. The first kappa shape index (κ1) is 31.7. The first-order valence-corrected chi connectivity index (χ1v) is 16.0. The van der Waals surface area contributed by atoms with E-state index in [1.165, 1.54) is 60.5 Å². The molecular weight excluding hydrogens is 614 g/mol. The summed E-state index contributed by atoms with van der Waals surface area (Å²) in [6.45, 7) is 0. The molecule has 4 aromatic rings. The van der Waals surface area contributed by atoms with Gasteiger partial charge in [-0.2, -0.15) is 0 Å². The van der Waals surface area contributed by atoms with Crippen LogP contribution in [0.1, 0.15) is 49.6 Å². The van der Waals surface area contributed by atoms with Crippen molar-refractivity contribution in [3.8, 4) is 0 Å². The third-order valence-corrected chi connectivity index (χ3v) is 9.19. The summed E-state index contributed by atoms with van der Waals surface area (Å²) >= 11 is 2.70. The smallest absolute Gasteiger partial charge is 0.341 e. The van der Waals surface area contributed by atoms with E-state index in [1.54, 1.807) is 48.5 Å². The number of aryl methyl sites for hydroxylation is 1. The van der Waals surface area contributed by atoms with Crippen molar-refractivity contribution in [3.63, 3.8) is 0 Å². The Kier molecular flexibility index (Phi) is 10.4. The van der Waals surface area contributed by atoms with Crippen LogP contribution in [-0.2, 0) is 27.2 Å². The van der Waals surface area contributed by atoms with E-state index in [2.05, 4.69) is 16.0 Å². The molecule has 1 aliphatic carbocycles. The minimum atomic E-state index is -0.583. The quantitative estimate of drug-likeness (QED) is 0.101. The number of benzene rings is 3. The lowest BCUT2D eigenvalue weighted by atomic mass is 9.95. The Morgan fingerprint density at radius 2 is 1.69 bits per heavy atom. The third kappa shape index (κ3) is 8.25. The van der Waals surface area contributed by atoms with Crippen LogP contribution in [0.5, 0.6) is 0 Å². The van der Waals surface area contributed by atoms with Crippen LogP contribution in [0, 0.1) is 5.82 Å². The molecule has 3 N–H and O–H groups in total. The van der Waals surface area contributed by atoms with E-state index in [-0.39, 0.29) is 17.4 Å². The molecule has 0 saturated carbocycles. The maximum absolute atomic E-state index is 13.5. The summed E-state index contributed by atoms with van der Waals surface area (Å²) in [5, 5.41) is 8.85. The number of anilines is 2. The van der Waals surface area contributed by atoms with Gasteiger partial charge in [0.2, 0.25) is 5.91 Å². The van der Waals surface area contributed by atoms with E-state index in [4.69, 9.17) is 4.74 Å². The molecule has 5 rings (SSSR count). The van der Waals surface area contributed by atoms with Crippen molar-refractivity contribution in [3.05, 3.63) is 118 Å². The van der Waals surface area contributed by atoms with Gasteiger partial charge in [-0.3, -0.25) is 14.4 Å². The van der Waals surface area contributed by atoms with Crippen molar-refractivity contribution in [2.45, 2.75) is 30.6 Å². The number of hydrogen-bond donors (Lipinski definition) is 3. The van der Waals surface area contributed by atoms with Crippen LogP contribution < -0.4 is 16.0 Å². The van der Waals surface area contributed by atoms with Crippen LogP contribution in [0.3, 0.4) is 0 Å². The minimum absolute atomic E-state index is 0.0343. The number of methoxy groups -OCH3 is 1. The molecule has 0 saturated heterocycles. The SMILES string of the molecule is COC(=O)c1c(NC(=O)CSc2cccc(NC(=O)/C(=C/c3ccc(F)cc3)NC(=O)c3ccccc3)c2)sc2c1CCCC2. The molecule has 0 bridgehead atoms. The fourth-order valence-electron chi connectivity index (χ4n) is 4.81. The maximum atomic E-state index is 13.5. The van der Waals surface area contributed by atoms with Gasteiger partial charge in [0.15, 0.2) is 0 Å². The Morgan fingerprint density at radius 3 is 2.44 bits per heavy atom. The molecule has 11 heteroatoms. The zero-order valence-electron chi connectivity index (χ0n) is 24.4. The van der Waals surface area contributed by atoms with Gasteiger partial charge >= 0.3 is 5.97 Å². The lowest BCUT2D eigenvalue weighted by molar-refractivity contribution is -0.114. The molecule has 1 heterocycles. The summed E-state index contributed by atoms with van der Waals surface area (Å²) in [5.74, 6) is -2.13. The Bertz CT molecular complexity index is 1750. The molecule has 0 fully saturated rings. The molecule has 8 nitrogen and oxygen atoms in total. The van der Waals surface area contributed by atoms with Crippen LogP contribution in [0.2, 0.25) is 0 Å². The summed E-state index contributed by atoms with van der Waals surface area (Å²) in [4.78, 5) is 53.5. The first-order chi connectivity index (χ1) is 21.8. The van der Waals surface area contributed by atoms with Gasteiger partial charge in [-0.05, 0) is 85.4 Å². The normalized spacial score (nSPS) is 12.5. The second-order valence-electron chi connectivity index (χ2n) is 10.2. The number of esters is 1. The standard InChI is InChI=1S/C34H30FN3O5S2/c1-43-34(42)30-26-12-5-6-13-28(26)45-33(30)38-29(39)20-44-25-11-7-10-24(19-25)36-32(41)27(18-21-14-16-23(35)17-15-21)37-31(40)22-8-3-2-4-9-22/h2-4,7-11,14-19H,5-6,12-13,20H2,1H3,(H,36,41)(H,37,40)(H,38,39)/b27-18-. The number of ether oxygens (including phenoxy) is 1. The summed E-state index contributed by atoms with van der Waals surface area (Å²) in [6, 6.07) is 20.9. The van der Waals surface area contributed by atoms with Crippen molar-refractivity contribution < 1.29 is 28.3 Å². The molecule has 1 aliphatic rings. The number of fused-ring (bicyclic) bond motifs is 1. The number of hydrogen-bond acceptors (Lipinski definition) is 7. The van der Waals surface area contributed by atoms with E-state index in [0.717, 1.165) is 41.0 Å². The molecule has 3 aromatic carbocycles. The fraction of sp³-hybridized carbons (Fsp3) is 0.176. The van der Waals surface area contributed by atoms with Gasteiger partial charge in [-0.25, -0.2) is 9.18 Å². The molecule has 0 radical (unpaired) electrons. The Labute approximate surface area is 268 Å². The second kappa shape index (κ2) is 14.8. The molecule has 1 aromatic heterocycles. The summed E-state index contributed by atoms with van der Waals surface area (Å²) < 4.78 is 18.4. The van der Waals surface area contributed by atoms with E-state index in [9.17, 15) is 23.6 Å². The van der Waals surface area contributed by atoms with E-state index < -0.39 is 23.6 Å². The number of thiophene rings is 1. The Hall–Kier alpha value is -4.74. The number of amides is 3. The molecule has 230 valence electrons.